The maximum Gasteiger partial charge on any atom is 0.347 e. The van der Waals surface area contributed by atoms with Crippen LogP contribution in [0.3, 0.4) is 0 Å². The lowest BCUT2D eigenvalue weighted by Gasteiger charge is -2.44. The van der Waals surface area contributed by atoms with Crippen molar-refractivity contribution >= 4 is 11.5 Å². The van der Waals surface area contributed by atoms with Crippen molar-refractivity contribution in [1.82, 2.24) is 34.3 Å². The Labute approximate surface area is 162 Å². The molecule has 1 aliphatic carbocycles. The van der Waals surface area contributed by atoms with Crippen molar-refractivity contribution in [3.63, 3.8) is 0 Å². The predicted molar refractivity (Wildman–Crippen MR) is 105 cm³/mol. The minimum absolute atomic E-state index is 0.195. The van der Waals surface area contributed by atoms with Crippen LogP contribution in [-0.4, -0.2) is 67.0 Å². The highest BCUT2D eigenvalue weighted by Crippen LogP contribution is 2.35. The first-order valence-electron chi connectivity index (χ1n) is 9.88. The first-order valence-corrected chi connectivity index (χ1v) is 9.88. The van der Waals surface area contributed by atoms with Crippen molar-refractivity contribution in [3.8, 4) is 0 Å². The largest absolute Gasteiger partial charge is 0.352 e. The predicted octanol–water partition coefficient (Wildman–Crippen LogP) is 0.769. The summed E-state index contributed by atoms with van der Waals surface area (Å²) in [5.41, 5.74) is 0.626. The quantitative estimate of drug-likeness (QED) is 0.624. The molecular formula is C19H24N8O. The van der Waals surface area contributed by atoms with Crippen LogP contribution < -0.4 is 10.6 Å². The van der Waals surface area contributed by atoms with Gasteiger partial charge < -0.3 is 4.90 Å². The number of hydrogen-bond donors (Lipinski definition) is 0. The third-order valence-corrected chi connectivity index (χ3v) is 6.03. The van der Waals surface area contributed by atoms with Crippen LogP contribution in [0.2, 0.25) is 0 Å². The summed E-state index contributed by atoms with van der Waals surface area (Å²) < 4.78 is 3.57. The first-order chi connectivity index (χ1) is 13.7. The first kappa shape index (κ1) is 17.3. The molecule has 3 aromatic heterocycles. The van der Waals surface area contributed by atoms with E-state index >= 15 is 0 Å². The zero-order valence-electron chi connectivity index (χ0n) is 16.0. The van der Waals surface area contributed by atoms with E-state index < -0.39 is 0 Å². The monoisotopic (exact) mass is 380 g/mol. The van der Waals surface area contributed by atoms with Crippen molar-refractivity contribution in [3.05, 3.63) is 46.9 Å². The number of hydrogen-bond acceptors (Lipinski definition) is 7. The smallest absolute Gasteiger partial charge is 0.347 e. The molecule has 1 saturated carbocycles. The molecule has 2 aliphatic rings. The normalized spacial score (nSPS) is 17.9. The summed E-state index contributed by atoms with van der Waals surface area (Å²) in [6.07, 6.45) is 6.95. The SMILES string of the molecule is CN(CCn1cccnc1=O)C1CN(c2ccc3nnc(C4CCC4)n3n2)C1. The van der Waals surface area contributed by atoms with Crippen LogP contribution in [0.1, 0.15) is 31.0 Å². The Morgan fingerprint density at radius 2 is 2.07 bits per heavy atom. The topological polar surface area (TPSA) is 84.5 Å². The summed E-state index contributed by atoms with van der Waals surface area (Å²) in [6, 6.07) is 6.28. The molecule has 0 radical (unpaired) electrons. The van der Waals surface area contributed by atoms with Gasteiger partial charge in [0.15, 0.2) is 11.5 Å². The highest BCUT2D eigenvalue weighted by Gasteiger charge is 2.32. The molecule has 2 fully saturated rings. The minimum atomic E-state index is -0.195. The Hall–Kier alpha value is -2.81. The molecule has 146 valence electrons. The van der Waals surface area contributed by atoms with Gasteiger partial charge in [-0.15, -0.1) is 15.3 Å². The van der Waals surface area contributed by atoms with Gasteiger partial charge in [0.25, 0.3) is 0 Å². The van der Waals surface area contributed by atoms with E-state index in [9.17, 15) is 4.79 Å². The van der Waals surface area contributed by atoms with E-state index in [-0.39, 0.29) is 5.69 Å². The van der Waals surface area contributed by atoms with Gasteiger partial charge in [-0.1, -0.05) is 6.42 Å². The molecular weight excluding hydrogens is 356 g/mol. The van der Waals surface area contributed by atoms with Gasteiger partial charge in [0.2, 0.25) is 0 Å². The molecule has 0 unspecified atom stereocenters. The average Bonchev–Trinajstić information content (AvgIpc) is 3.01. The van der Waals surface area contributed by atoms with E-state index in [1.165, 1.54) is 25.5 Å². The van der Waals surface area contributed by atoms with Gasteiger partial charge in [0.05, 0.1) is 0 Å². The fraction of sp³-hybridized carbons (Fsp3) is 0.526. The van der Waals surface area contributed by atoms with Crippen molar-refractivity contribution < 1.29 is 0 Å². The lowest BCUT2D eigenvalue weighted by molar-refractivity contribution is 0.196. The molecule has 5 rings (SSSR count). The molecule has 0 aromatic carbocycles. The third-order valence-electron chi connectivity index (χ3n) is 6.03. The highest BCUT2D eigenvalue weighted by atomic mass is 16.1. The molecule has 9 heteroatoms. The van der Waals surface area contributed by atoms with Gasteiger partial charge in [-0.25, -0.2) is 9.78 Å². The summed E-state index contributed by atoms with van der Waals surface area (Å²) in [4.78, 5) is 20.1. The Morgan fingerprint density at radius 1 is 1.21 bits per heavy atom. The Morgan fingerprint density at radius 3 is 2.82 bits per heavy atom. The van der Waals surface area contributed by atoms with Gasteiger partial charge in [0.1, 0.15) is 5.82 Å². The maximum atomic E-state index is 11.7. The number of aromatic nitrogens is 6. The molecule has 1 saturated heterocycles. The fourth-order valence-corrected chi connectivity index (χ4v) is 3.81. The molecule has 0 bridgehead atoms. The molecule has 1 aliphatic heterocycles. The summed E-state index contributed by atoms with van der Waals surface area (Å²) in [5.74, 6) is 2.48. The fourth-order valence-electron chi connectivity index (χ4n) is 3.81. The molecule has 3 aromatic rings. The van der Waals surface area contributed by atoms with Crippen LogP contribution in [0.25, 0.3) is 5.65 Å². The second kappa shape index (κ2) is 6.97. The Balaban J connectivity index is 1.21. The zero-order valence-corrected chi connectivity index (χ0v) is 16.0. The van der Waals surface area contributed by atoms with Gasteiger partial charge in [-0.2, -0.15) is 4.52 Å². The molecule has 0 atom stereocenters. The number of likely N-dealkylation sites (N-methyl/N-ethyl adjacent to an activating group) is 1. The Kier molecular flexibility index (Phi) is 4.31. The van der Waals surface area contributed by atoms with Gasteiger partial charge in [0, 0.05) is 50.5 Å². The van der Waals surface area contributed by atoms with E-state index in [1.807, 2.05) is 16.6 Å². The number of anilines is 1. The molecule has 4 heterocycles. The lowest BCUT2D eigenvalue weighted by atomic mass is 9.85. The minimum Gasteiger partial charge on any atom is -0.352 e. The van der Waals surface area contributed by atoms with E-state index in [0.717, 1.165) is 36.9 Å². The molecule has 9 nitrogen and oxygen atoms in total. The summed E-state index contributed by atoms with van der Waals surface area (Å²) in [5, 5.41) is 13.4. The van der Waals surface area contributed by atoms with Gasteiger partial charge in [-0.05, 0) is 38.1 Å². The van der Waals surface area contributed by atoms with Crippen molar-refractivity contribution in [2.24, 2.45) is 0 Å². The number of rotatable bonds is 6. The second-order valence-electron chi connectivity index (χ2n) is 7.78. The van der Waals surface area contributed by atoms with Crippen LogP contribution >= 0.6 is 0 Å². The Bertz CT molecular complexity index is 1030. The van der Waals surface area contributed by atoms with E-state index in [2.05, 4.69) is 32.0 Å². The average molecular weight is 380 g/mol. The summed E-state index contributed by atoms with van der Waals surface area (Å²) >= 11 is 0. The molecule has 0 N–H and O–H groups in total. The van der Waals surface area contributed by atoms with Crippen LogP contribution in [-0.2, 0) is 6.54 Å². The number of nitrogens with zero attached hydrogens (tertiary/aromatic N) is 8. The van der Waals surface area contributed by atoms with Gasteiger partial charge >= 0.3 is 5.69 Å². The van der Waals surface area contributed by atoms with Crippen LogP contribution in [0.5, 0.6) is 0 Å². The van der Waals surface area contributed by atoms with Crippen molar-refractivity contribution in [2.45, 2.75) is 37.8 Å². The zero-order chi connectivity index (χ0) is 19.1. The van der Waals surface area contributed by atoms with E-state index in [4.69, 9.17) is 5.10 Å². The lowest BCUT2D eigenvalue weighted by Crippen LogP contribution is -2.59. The molecule has 28 heavy (non-hydrogen) atoms. The highest BCUT2D eigenvalue weighted by molar-refractivity contribution is 5.48. The van der Waals surface area contributed by atoms with Crippen molar-refractivity contribution in [1.29, 1.82) is 0 Å². The van der Waals surface area contributed by atoms with Crippen LogP contribution in [0, 0.1) is 0 Å². The summed E-state index contributed by atoms with van der Waals surface area (Å²) in [7, 11) is 2.11. The van der Waals surface area contributed by atoms with E-state index in [1.54, 1.807) is 16.8 Å². The molecule has 0 amide bonds. The molecule has 0 spiro atoms. The summed E-state index contributed by atoms with van der Waals surface area (Å²) in [6.45, 7) is 3.32. The number of fused-ring (bicyclic) bond motifs is 1. The van der Waals surface area contributed by atoms with Crippen LogP contribution in [0.4, 0.5) is 5.82 Å². The van der Waals surface area contributed by atoms with Crippen molar-refractivity contribution in [2.75, 3.05) is 31.6 Å². The second-order valence-corrected chi connectivity index (χ2v) is 7.78. The maximum absolute atomic E-state index is 11.7. The third kappa shape index (κ3) is 3.05. The van der Waals surface area contributed by atoms with Crippen LogP contribution in [0.15, 0.2) is 35.4 Å². The standard InChI is InChI=1S/C19H24N8O/c1-24(10-11-25-9-3-8-20-19(25)28)15-12-26(13-15)17-7-6-16-21-22-18(27(16)23-17)14-4-2-5-14/h3,6-9,14-15H,2,4-5,10-13H2,1H3. The van der Waals surface area contributed by atoms with Gasteiger partial charge in [-0.3, -0.25) is 9.47 Å². The van der Waals surface area contributed by atoms with E-state index in [0.29, 0.717) is 18.5 Å².